The summed E-state index contributed by atoms with van der Waals surface area (Å²) in [6.45, 7) is 4.89. The van der Waals surface area contributed by atoms with Crippen molar-refractivity contribution in [2.75, 3.05) is 34.5 Å². The number of hydrogen-bond donors (Lipinski definition) is 2. The minimum Gasteiger partial charge on any atom is -0.493 e. The average Bonchev–Trinajstić information content (AvgIpc) is 2.50. The van der Waals surface area contributed by atoms with E-state index >= 15 is 0 Å². The molecule has 0 radical (unpaired) electrons. The molecule has 1 aromatic rings. The molecule has 0 heterocycles. The third kappa shape index (κ3) is 5.53. The summed E-state index contributed by atoms with van der Waals surface area (Å²) >= 11 is 0. The third-order valence-electron chi connectivity index (χ3n) is 3.54. The number of benzene rings is 1. The summed E-state index contributed by atoms with van der Waals surface area (Å²) in [5.74, 6) is 1.41. The van der Waals surface area contributed by atoms with E-state index in [1.54, 1.807) is 28.3 Å². The van der Waals surface area contributed by atoms with Gasteiger partial charge >= 0.3 is 0 Å². The highest BCUT2D eigenvalue weighted by Gasteiger charge is 2.21. The van der Waals surface area contributed by atoms with E-state index in [9.17, 15) is 5.11 Å². The summed E-state index contributed by atoms with van der Waals surface area (Å²) < 4.78 is 15.5. The Bertz CT molecular complexity index is 434. The van der Waals surface area contributed by atoms with Crippen molar-refractivity contribution in [1.82, 2.24) is 5.32 Å². The van der Waals surface area contributed by atoms with Gasteiger partial charge in [0.05, 0.1) is 19.8 Å². The van der Waals surface area contributed by atoms with E-state index in [4.69, 9.17) is 14.2 Å². The molecule has 2 unspecified atom stereocenters. The van der Waals surface area contributed by atoms with Gasteiger partial charge in [0.15, 0.2) is 11.5 Å². The first-order valence-corrected chi connectivity index (χ1v) is 7.10. The second-order valence-corrected chi connectivity index (χ2v) is 5.46. The van der Waals surface area contributed by atoms with E-state index in [-0.39, 0.29) is 6.04 Å². The molecule has 5 heteroatoms. The molecule has 1 aromatic carbocycles. The second-order valence-electron chi connectivity index (χ2n) is 5.46. The van der Waals surface area contributed by atoms with Gasteiger partial charge in [-0.15, -0.1) is 0 Å². The molecule has 0 aliphatic rings. The lowest BCUT2D eigenvalue weighted by Crippen LogP contribution is -2.39. The SMILES string of the molecule is COCCC(C)(O)CNC(C)c1ccc(OC)c(OC)c1. The van der Waals surface area contributed by atoms with Crippen molar-refractivity contribution in [2.45, 2.75) is 31.9 Å². The standard InChI is InChI=1S/C16H27NO4/c1-12(17-11-16(2,18)8-9-19-3)13-6-7-14(20-4)15(10-13)21-5/h6-7,10,12,17-18H,8-9,11H2,1-5H3. The van der Waals surface area contributed by atoms with Crippen LogP contribution < -0.4 is 14.8 Å². The van der Waals surface area contributed by atoms with Crippen molar-refractivity contribution in [1.29, 1.82) is 0 Å². The van der Waals surface area contributed by atoms with Crippen molar-refractivity contribution in [2.24, 2.45) is 0 Å². The Morgan fingerprint density at radius 3 is 2.43 bits per heavy atom. The number of aliphatic hydroxyl groups is 1. The Balaban J connectivity index is 2.65. The van der Waals surface area contributed by atoms with Crippen LogP contribution in [-0.2, 0) is 4.74 Å². The van der Waals surface area contributed by atoms with Gasteiger partial charge in [0, 0.05) is 32.7 Å². The Morgan fingerprint density at radius 1 is 1.19 bits per heavy atom. The first kappa shape index (κ1) is 17.8. The van der Waals surface area contributed by atoms with E-state index in [0.717, 1.165) is 5.56 Å². The number of hydrogen-bond acceptors (Lipinski definition) is 5. The van der Waals surface area contributed by atoms with Gasteiger partial charge in [0.2, 0.25) is 0 Å². The molecule has 120 valence electrons. The molecule has 0 saturated carbocycles. The first-order chi connectivity index (χ1) is 9.93. The molecule has 0 aliphatic heterocycles. The van der Waals surface area contributed by atoms with Gasteiger partial charge in [0.1, 0.15) is 0 Å². The lowest BCUT2D eigenvalue weighted by molar-refractivity contribution is 0.0231. The highest BCUT2D eigenvalue weighted by atomic mass is 16.5. The maximum Gasteiger partial charge on any atom is 0.161 e. The van der Waals surface area contributed by atoms with Crippen molar-refractivity contribution in [3.63, 3.8) is 0 Å². The van der Waals surface area contributed by atoms with Crippen LogP contribution in [0.2, 0.25) is 0 Å². The van der Waals surface area contributed by atoms with Crippen LogP contribution in [0.25, 0.3) is 0 Å². The number of methoxy groups -OCH3 is 3. The molecule has 2 N–H and O–H groups in total. The summed E-state index contributed by atoms with van der Waals surface area (Å²) in [6.07, 6.45) is 0.592. The van der Waals surface area contributed by atoms with E-state index in [1.807, 2.05) is 25.1 Å². The molecule has 0 aromatic heterocycles. The molecule has 0 amide bonds. The van der Waals surface area contributed by atoms with Crippen LogP contribution >= 0.6 is 0 Å². The van der Waals surface area contributed by atoms with Crippen LogP contribution in [0.1, 0.15) is 31.9 Å². The van der Waals surface area contributed by atoms with Gasteiger partial charge in [-0.25, -0.2) is 0 Å². The Labute approximate surface area is 127 Å². The predicted molar refractivity (Wildman–Crippen MR) is 83.1 cm³/mol. The van der Waals surface area contributed by atoms with Gasteiger partial charge in [0.25, 0.3) is 0 Å². The zero-order chi connectivity index (χ0) is 15.9. The molecule has 0 saturated heterocycles. The summed E-state index contributed by atoms with van der Waals surface area (Å²) in [5.41, 5.74) is 0.288. The van der Waals surface area contributed by atoms with Gasteiger partial charge in [-0.1, -0.05) is 6.07 Å². The highest BCUT2D eigenvalue weighted by molar-refractivity contribution is 5.43. The summed E-state index contributed by atoms with van der Waals surface area (Å²) in [5, 5.41) is 13.6. The van der Waals surface area contributed by atoms with Crippen LogP contribution in [0.3, 0.4) is 0 Å². The minimum absolute atomic E-state index is 0.0961. The highest BCUT2D eigenvalue weighted by Crippen LogP contribution is 2.30. The van der Waals surface area contributed by atoms with Crippen LogP contribution in [0.4, 0.5) is 0 Å². The van der Waals surface area contributed by atoms with E-state index in [2.05, 4.69) is 5.32 Å². The summed E-state index contributed by atoms with van der Waals surface area (Å²) in [4.78, 5) is 0. The zero-order valence-corrected chi connectivity index (χ0v) is 13.6. The molecule has 2 atom stereocenters. The Hall–Kier alpha value is -1.30. The number of rotatable bonds is 9. The normalized spacial score (nSPS) is 15.3. The maximum absolute atomic E-state index is 10.2. The van der Waals surface area contributed by atoms with Crippen molar-refractivity contribution < 1.29 is 19.3 Å². The molecule has 0 fully saturated rings. The van der Waals surface area contributed by atoms with Crippen molar-refractivity contribution in [3.05, 3.63) is 23.8 Å². The van der Waals surface area contributed by atoms with E-state index in [0.29, 0.717) is 31.1 Å². The first-order valence-electron chi connectivity index (χ1n) is 7.10. The lowest BCUT2D eigenvalue weighted by Gasteiger charge is -2.26. The fourth-order valence-electron chi connectivity index (χ4n) is 2.02. The third-order valence-corrected chi connectivity index (χ3v) is 3.54. The average molecular weight is 297 g/mol. The maximum atomic E-state index is 10.2. The fourth-order valence-corrected chi connectivity index (χ4v) is 2.02. The smallest absolute Gasteiger partial charge is 0.161 e. The van der Waals surface area contributed by atoms with Crippen LogP contribution in [0.15, 0.2) is 18.2 Å². The Kier molecular flexibility index (Phi) is 6.95. The van der Waals surface area contributed by atoms with Crippen LogP contribution in [-0.4, -0.2) is 45.2 Å². The molecular formula is C16H27NO4. The zero-order valence-electron chi connectivity index (χ0n) is 13.6. The van der Waals surface area contributed by atoms with Crippen molar-refractivity contribution in [3.8, 4) is 11.5 Å². The van der Waals surface area contributed by atoms with Gasteiger partial charge in [-0.05, 0) is 31.5 Å². The minimum atomic E-state index is -0.791. The quantitative estimate of drug-likeness (QED) is 0.731. The molecule has 0 spiro atoms. The second kappa shape index (κ2) is 8.22. The van der Waals surface area contributed by atoms with Gasteiger partial charge < -0.3 is 24.6 Å². The largest absolute Gasteiger partial charge is 0.493 e. The lowest BCUT2D eigenvalue weighted by atomic mass is 10.0. The fraction of sp³-hybridized carbons (Fsp3) is 0.625. The van der Waals surface area contributed by atoms with E-state index in [1.165, 1.54) is 0 Å². The molecule has 0 bridgehead atoms. The topological polar surface area (TPSA) is 60.0 Å². The molecule has 0 aliphatic carbocycles. The molecule has 5 nitrogen and oxygen atoms in total. The number of ether oxygens (including phenoxy) is 3. The van der Waals surface area contributed by atoms with Crippen LogP contribution in [0, 0.1) is 0 Å². The van der Waals surface area contributed by atoms with Gasteiger partial charge in [-0.3, -0.25) is 0 Å². The summed E-state index contributed by atoms with van der Waals surface area (Å²) in [6, 6.07) is 5.91. The molecule has 21 heavy (non-hydrogen) atoms. The monoisotopic (exact) mass is 297 g/mol. The van der Waals surface area contributed by atoms with Crippen LogP contribution in [0.5, 0.6) is 11.5 Å². The van der Waals surface area contributed by atoms with Crippen molar-refractivity contribution >= 4 is 0 Å². The van der Waals surface area contributed by atoms with E-state index < -0.39 is 5.60 Å². The molecular weight excluding hydrogens is 270 g/mol. The number of nitrogens with one attached hydrogen (secondary N) is 1. The molecule has 1 rings (SSSR count). The van der Waals surface area contributed by atoms with Gasteiger partial charge in [-0.2, -0.15) is 0 Å². The summed E-state index contributed by atoms with van der Waals surface area (Å²) in [7, 11) is 4.87. The predicted octanol–water partition coefficient (Wildman–Crippen LogP) is 2.14. The Morgan fingerprint density at radius 2 is 1.86 bits per heavy atom.